The van der Waals surface area contributed by atoms with Crippen molar-refractivity contribution < 1.29 is 4.39 Å². The lowest BCUT2D eigenvalue weighted by Crippen LogP contribution is -2.47. The number of halogens is 1. The molecule has 0 radical (unpaired) electrons. The fraction of sp³-hybridized carbons (Fsp3) is 0.250. The van der Waals surface area contributed by atoms with Gasteiger partial charge in [-0.1, -0.05) is 6.07 Å². The standard InChI is InChI=1S/C24H24FN7/c1-16-3-6-19(15-17(16)2)28-23-21-22(27-10-9-26-21)29-24(30-23)32-13-11-31(12-14-32)20-7-4-18(25)5-8-20/h3-10,15H,11-14H2,1-2H3,(H,27,28,29,30). The second-order valence-corrected chi connectivity index (χ2v) is 7.98. The minimum Gasteiger partial charge on any atom is -0.368 e. The highest BCUT2D eigenvalue weighted by Gasteiger charge is 2.21. The molecule has 1 fully saturated rings. The fourth-order valence-electron chi connectivity index (χ4n) is 3.85. The number of fused-ring (bicyclic) bond motifs is 1. The van der Waals surface area contributed by atoms with E-state index < -0.39 is 0 Å². The minimum atomic E-state index is -0.221. The smallest absolute Gasteiger partial charge is 0.229 e. The summed E-state index contributed by atoms with van der Waals surface area (Å²) in [6.45, 7) is 7.29. The van der Waals surface area contributed by atoms with Crippen LogP contribution in [0.2, 0.25) is 0 Å². The van der Waals surface area contributed by atoms with Gasteiger partial charge in [-0.25, -0.2) is 14.4 Å². The molecule has 0 aliphatic carbocycles. The highest BCUT2D eigenvalue weighted by Crippen LogP contribution is 2.26. The maximum absolute atomic E-state index is 13.2. The molecule has 4 aromatic rings. The molecule has 7 nitrogen and oxygen atoms in total. The summed E-state index contributed by atoms with van der Waals surface area (Å²) in [5, 5.41) is 3.41. The molecule has 0 atom stereocenters. The Morgan fingerprint density at radius 2 is 1.53 bits per heavy atom. The second-order valence-electron chi connectivity index (χ2n) is 7.98. The first-order valence-corrected chi connectivity index (χ1v) is 10.7. The number of aryl methyl sites for hydroxylation is 2. The largest absolute Gasteiger partial charge is 0.368 e. The van der Waals surface area contributed by atoms with Gasteiger partial charge < -0.3 is 15.1 Å². The van der Waals surface area contributed by atoms with Crippen molar-refractivity contribution in [2.45, 2.75) is 13.8 Å². The van der Waals surface area contributed by atoms with Crippen LogP contribution in [0.1, 0.15) is 11.1 Å². The van der Waals surface area contributed by atoms with E-state index in [4.69, 9.17) is 4.98 Å². The van der Waals surface area contributed by atoms with E-state index in [0.717, 1.165) is 37.6 Å². The Balaban J connectivity index is 1.41. The molecule has 1 saturated heterocycles. The van der Waals surface area contributed by atoms with Crippen LogP contribution in [-0.2, 0) is 0 Å². The SMILES string of the molecule is Cc1ccc(Nc2nc(N3CCN(c4ccc(F)cc4)CC3)nc3nccnc23)cc1C. The molecule has 0 unspecified atom stereocenters. The van der Waals surface area contributed by atoms with Crippen LogP contribution in [0.25, 0.3) is 11.2 Å². The molecule has 2 aromatic carbocycles. The molecule has 8 heteroatoms. The lowest BCUT2D eigenvalue weighted by Gasteiger charge is -2.36. The minimum absolute atomic E-state index is 0.221. The summed E-state index contributed by atoms with van der Waals surface area (Å²) in [7, 11) is 0. The zero-order chi connectivity index (χ0) is 22.1. The van der Waals surface area contributed by atoms with E-state index in [2.05, 4.69) is 56.0 Å². The molecular weight excluding hydrogens is 405 g/mol. The van der Waals surface area contributed by atoms with Crippen molar-refractivity contribution in [2.75, 3.05) is 41.3 Å². The number of hydrogen-bond acceptors (Lipinski definition) is 7. The first kappa shape index (κ1) is 20.1. The van der Waals surface area contributed by atoms with E-state index in [0.29, 0.717) is 22.9 Å². The summed E-state index contributed by atoms with van der Waals surface area (Å²) in [6.07, 6.45) is 3.30. The summed E-state index contributed by atoms with van der Waals surface area (Å²) < 4.78 is 13.2. The maximum Gasteiger partial charge on any atom is 0.229 e. The van der Waals surface area contributed by atoms with Crippen molar-refractivity contribution >= 4 is 34.3 Å². The summed E-state index contributed by atoms with van der Waals surface area (Å²) in [4.78, 5) is 22.8. The monoisotopic (exact) mass is 429 g/mol. The normalized spacial score (nSPS) is 14.1. The molecule has 0 amide bonds. The van der Waals surface area contributed by atoms with Gasteiger partial charge in [-0.2, -0.15) is 9.97 Å². The first-order chi connectivity index (χ1) is 15.6. The zero-order valence-corrected chi connectivity index (χ0v) is 18.1. The Morgan fingerprint density at radius 3 is 2.28 bits per heavy atom. The highest BCUT2D eigenvalue weighted by molar-refractivity contribution is 5.85. The van der Waals surface area contributed by atoms with E-state index in [-0.39, 0.29) is 5.82 Å². The van der Waals surface area contributed by atoms with Crippen LogP contribution in [0.3, 0.4) is 0 Å². The summed E-state index contributed by atoms with van der Waals surface area (Å²) in [5.74, 6) is 1.05. The number of piperazine rings is 1. The van der Waals surface area contributed by atoms with Gasteiger partial charge in [-0.3, -0.25) is 0 Å². The fourth-order valence-corrected chi connectivity index (χ4v) is 3.85. The molecular formula is C24H24FN7. The Morgan fingerprint density at radius 1 is 0.812 bits per heavy atom. The lowest BCUT2D eigenvalue weighted by atomic mass is 10.1. The van der Waals surface area contributed by atoms with E-state index in [9.17, 15) is 4.39 Å². The molecule has 162 valence electrons. The zero-order valence-electron chi connectivity index (χ0n) is 18.1. The molecule has 0 bridgehead atoms. The van der Waals surface area contributed by atoms with Crippen LogP contribution in [0.5, 0.6) is 0 Å². The van der Waals surface area contributed by atoms with Gasteiger partial charge in [0.05, 0.1) is 0 Å². The highest BCUT2D eigenvalue weighted by atomic mass is 19.1. The molecule has 1 aliphatic heterocycles. The number of anilines is 4. The molecule has 1 aliphatic rings. The topological polar surface area (TPSA) is 70.1 Å². The number of benzene rings is 2. The van der Waals surface area contributed by atoms with Crippen LogP contribution in [-0.4, -0.2) is 46.1 Å². The van der Waals surface area contributed by atoms with E-state index in [1.165, 1.54) is 23.3 Å². The molecule has 2 aromatic heterocycles. The maximum atomic E-state index is 13.2. The van der Waals surface area contributed by atoms with Crippen molar-refractivity contribution in [3.63, 3.8) is 0 Å². The van der Waals surface area contributed by atoms with Crippen LogP contribution in [0.4, 0.5) is 27.5 Å². The summed E-state index contributed by atoms with van der Waals surface area (Å²) in [6, 6.07) is 12.9. The number of rotatable bonds is 4. The average molecular weight is 430 g/mol. The van der Waals surface area contributed by atoms with Crippen LogP contribution >= 0.6 is 0 Å². The Bertz CT molecular complexity index is 1250. The lowest BCUT2D eigenvalue weighted by molar-refractivity contribution is 0.623. The number of aromatic nitrogens is 4. The third-order valence-corrected chi connectivity index (χ3v) is 5.84. The summed E-state index contributed by atoms with van der Waals surface area (Å²) in [5.41, 5.74) is 5.61. The molecule has 5 rings (SSSR count). The van der Waals surface area contributed by atoms with Crippen molar-refractivity contribution in [1.29, 1.82) is 0 Å². The van der Waals surface area contributed by atoms with Gasteiger partial charge in [0.15, 0.2) is 17.0 Å². The summed E-state index contributed by atoms with van der Waals surface area (Å²) >= 11 is 0. The molecule has 0 spiro atoms. The molecule has 3 heterocycles. The van der Waals surface area contributed by atoms with Crippen molar-refractivity contribution in [3.05, 3.63) is 71.8 Å². The Kier molecular flexibility index (Phi) is 5.26. The van der Waals surface area contributed by atoms with Crippen LogP contribution in [0, 0.1) is 19.7 Å². The first-order valence-electron chi connectivity index (χ1n) is 10.7. The van der Waals surface area contributed by atoms with Gasteiger partial charge in [0.2, 0.25) is 5.95 Å². The van der Waals surface area contributed by atoms with Gasteiger partial charge in [-0.15, -0.1) is 0 Å². The Hall–Kier alpha value is -3.81. The second kappa shape index (κ2) is 8.37. The molecule has 0 saturated carbocycles. The third kappa shape index (κ3) is 4.03. The van der Waals surface area contributed by atoms with Crippen molar-refractivity contribution in [2.24, 2.45) is 0 Å². The molecule has 32 heavy (non-hydrogen) atoms. The van der Waals surface area contributed by atoms with E-state index in [1.807, 2.05) is 18.2 Å². The van der Waals surface area contributed by atoms with Gasteiger partial charge in [-0.05, 0) is 61.4 Å². The van der Waals surface area contributed by atoms with Crippen LogP contribution < -0.4 is 15.1 Å². The predicted molar refractivity (Wildman–Crippen MR) is 125 cm³/mol. The third-order valence-electron chi connectivity index (χ3n) is 5.84. The number of nitrogens with one attached hydrogen (secondary N) is 1. The van der Waals surface area contributed by atoms with Gasteiger partial charge in [0.25, 0.3) is 0 Å². The van der Waals surface area contributed by atoms with E-state index >= 15 is 0 Å². The van der Waals surface area contributed by atoms with Gasteiger partial charge in [0, 0.05) is 49.9 Å². The Labute approximate surface area is 186 Å². The molecule has 1 N–H and O–H groups in total. The van der Waals surface area contributed by atoms with Gasteiger partial charge >= 0.3 is 0 Å². The van der Waals surface area contributed by atoms with E-state index in [1.54, 1.807) is 12.4 Å². The van der Waals surface area contributed by atoms with Gasteiger partial charge in [0.1, 0.15) is 5.82 Å². The number of nitrogens with zero attached hydrogens (tertiary/aromatic N) is 6. The predicted octanol–water partition coefficient (Wildman–Crippen LogP) is 4.25. The van der Waals surface area contributed by atoms with Crippen molar-refractivity contribution in [1.82, 2.24) is 19.9 Å². The van der Waals surface area contributed by atoms with Crippen molar-refractivity contribution in [3.8, 4) is 0 Å². The average Bonchev–Trinajstić information content (AvgIpc) is 2.82. The quantitative estimate of drug-likeness (QED) is 0.520. The number of hydrogen-bond donors (Lipinski definition) is 1. The van der Waals surface area contributed by atoms with Crippen LogP contribution in [0.15, 0.2) is 54.9 Å².